The number of hydrogen-bond acceptors (Lipinski definition) is 4. The maximum absolute atomic E-state index is 12.7. The molecule has 2 unspecified atom stereocenters. The van der Waals surface area contributed by atoms with Crippen molar-refractivity contribution in [3.8, 4) is 11.1 Å². The zero-order valence-electron chi connectivity index (χ0n) is 19.0. The number of carboxylic acid groups (broad SMARTS) is 1. The summed E-state index contributed by atoms with van der Waals surface area (Å²) in [6.07, 6.45) is 0.510. The zero-order valence-corrected chi connectivity index (χ0v) is 19.0. The quantitative estimate of drug-likeness (QED) is 0.693. The van der Waals surface area contributed by atoms with E-state index in [0.29, 0.717) is 19.4 Å². The van der Waals surface area contributed by atoms with Crippen LogP contribution in [0, 0.1) is 5.92 Å². The molecule has 33 heavy (non-hydrogen) atoms. The number of aliphatic carboxylic acids is 1. The molecule has 1 fully saturated rings. The van der Waals surface area contributed by atoms with Crippen molar-refractivity contribution in [2.45, 2.75) is 51.1 Å². The van der Waals surface area contributed by atoms with Crippen LogP contribution in [0.1, 0.15) is 50.2 Å². The molecule has 2 aromatic carbocycles. The lowest BCUT2D eigenvalue weighted by molar-refractivity contribution is -0.147. The van der Waals surface area contributed by atoms with Crippen LogP contribution in [0.4, 0.5) is 4.79 Å². The molecule has 7 heteroatoms. The highest BCUT2D eigenvalue weighted by Crippen LogP contribution is 2.44. The van der Waals surface area contributed by atoms with Crippen LogP contribution in [-0.2, 0) is 14.3 Å². The highest BCUT2D eigenvalue weighted by Gasteiger charge is 2.33. The van der Waals surface area contributed by atoms with Gasteiger partial charge in [0.25, 0.3) is 0 Å². The van der Waals surface area contributed by atoms with E-state index >= 15 is 0 Å². The second kappa shape index (κ2) is 9.65. The number of fused-ring (bicyclic) bond motifs is 3. The van der Waals surface area contributed by atoms with Gasteiger partial charge in [0.15, 0.2) is 0 Å². The lowest BCUT2D eigenvalue weighted by atomic mass is 9.91. The van der Waals surface area contributed by atoms with E-state index in [0.717, 1.165) is 11.1 Å². The highest BCUT2D eigenvalue weighted by atomic mass is 16.5. The van der Waals surface area contributed by atoms with E-state index in [-0.39, 0.29) is 30.9 Å². The number of nitrogens with zero attached hydrogens (tertiary/aromatic N) is 1. The summed E-state index contributed by atoms with van der Waals surface area (Å²) in [5.74, 6) is -1.31. The summed E-state index contributed by atoms with van der Waals surface area (Å²) >= 11 is 0. The monoisotopic (exact) mass is 450 g/mol. The lowest BCUT2D eigenvalue weighted by Gasteiger charge is -2.36. The molecule has 0 saturated carbocycles. The van der Waals surface area contributed by atoms with Crippen molar-refractivity contribution in [3.05, 3.63) is 59.7 Å². The Hall–Kier alpha value is -3.35. The van der Waals surface area contributed by atoms with E-state index in [1.807, 2.05) is 31.2 Å². The number of amides is 2. The Balaban J connectivity index is 1.29. The summed E-state index contributed by atoms with van der Waals surface area (Å²) in [4.78, 5) is 38.1. The minimum Gasteiger partial charge on any atom is -0.481 e. The minimum atomic E-state index is -0.806. The van der Waals surface area contributed by atoms with Gasteiger partial charge in [-0.15, -0.1) is 0 Å². The second-order valence-corrected chi connectivity index (χ2v) is 9.07. The van der Waals surface area contributed by atoms with Crippen molar-refractivity contribution >= 4 is 18.0 Å². The third-order valence-electron chi connectivity index (χ3n) is 6.73. The third-order valence-corrected chi connectivity index (χ3v) is 6.73. The van der Waals surface area contributed by atoms with Gasteiger partial charge in [0.2, 0.25) is 5.91 Å². The van der Waals surface area contributed by atoms with Gasteiger partial charge in [-0.2, -0.15) is 0 Å². The molecule has 1 aliphatic heterocycles. The normalized spacial score (nSPS) is 20.5. The van der Waals surface area contributed by atoms with Gasteiger partial charge in [0.1, 0.15) is 6.61 Å². The molecular weight excluding hydrogens is 420 g/mol. The number of piperidine rings is 1. The number of hydrogen-bond donors (Lipinski definition) is 2. The Morgan fingerprint density at radius 1 is 1.09 bits per heavy atom. The number of nitrogens with one attached hydrogen (secondary N) is 1. The van der Waals surface area contributed by atoms with Crippen LogP contribution < -0.4 is 5.32 Å². The van der Waals surface area contributed by atoms with Crippen LogP contribution in [0.15, 0.2) is 48.5 Å². The lowest BCUT2D eigenvalue weighted by Crippen LogP contribution is -2.48. The van der Waals surface area contributed by atoms with E-state index in [1.54, 1.807) is 11.8 Å². The number of benzene rings is 2. The Kier molecular flexibility index (Phi) is 6.67. The number of alkyl carbamates (subject to hydrolysis) is 1. The Labute approximate surface area is 193 Å². The molecule has 0 radical (unpaired) electrons. The summed E-state index contributed by atoms with van der Waals surface area (Å²) < 4.78 is 5.56. The SMILES string of the molecule is CC1CC(C(=O)O)CCN1C(=O)C[C@@H](C)NC(=O)OCC1c2ccccc2-c2ccccc21. The molecule has 4 rings (SSSR count). The van der Waals surface area contributed by atoms with Gasteiger partial charge in [0.05, 0.1) is 5.92 Å². The first-order chi connectivity index (χ1) is 15.8. The topological polar surface area (TPSA) is 95.9 Å². The molecule has 2 amide bonds. The maximum atomic E-state index is 12.7. The first-order valence-corrected chi connectivity index (χ1v) is 11.5. The predicted molar refractivity (Wildman–Crippen MR) is 124 cm³/mol. The third kappa shape index (κ3) is 4.87. The number of rotatable bonds is 6. The number of ether oxygens (including phenoxy) is 1. The number of likely N-dealkylation sites (tertiary alicyclic amines) is 1. The largest absolute Gasteiger partial charge is 0.481 e. The van der Waals surface area contributed by atoms with E-state index < -0.39 is 24.0 Å². The summed E-state index contributed by atoms with van der Waals surface area (Å²) in [5, 5.41) is 12.0. The fourth-order valence-electron chi connectivity index (χ4n) is 5.04. The van der Waals surface area contributed by atoms with Gasteiger partial charge in [-0.05, 0) is 48.9 Å². The molecule has 0 spiro atoms. The van der Waals surface area contributed by atoms with E-state index in [2.05, 4.69) is 29.6 Å². The fourth-order valence-corrected chi connectivity index (χ4v) is 5.04. The standard InChI is InChI=1S/C26H30N2O5/c1-16(13-24(29)28-12-11-18(25(30)31)14-17(28)2)27-26(32)33-15-23-21-9-5-3-7-19(21)20-8-4-6-10-22(20)23/h3-10,16-18,23H,11-15H2,1-2H3,(H,27,32)(H,30,31)/t16-,17?,18?/m1/s1. The molecule has 1 aliphatic carbocycles. The molecule has 2 aliphatic rings. The molecule has 0 aromatic heterocycles. The van der Waals surface area contributed by atoms with Crippen molar-refractivity contribution in [1.29, 1.82) is 0 Å². The van der Waals surface area contributed by atoms with Crippen LogP contribution in [0.25, 0.3) is 11.1 Å². The molecule has 0 bridgehead atoms. The van der Waals surface area contributed by atoms with Crippen LogP contribution in [0.3, 0.4) is 0 Å². The molecule has 1 saturated heterocycles. The average Bonchev–Trinajstić information content (AvgIpc) is 3.11. The van der Waals surface area contributed by atoms with Crippen molar-refractivity contribution in [3.63, 3.8) is 0 Å². The molecular formula is C26H30N2O5. The van der Waals surface area contributed by atoms with E-state index in [1.165, 1.54) is 11.1 Å². The van der Waals surface area contributed by atoms with E-state index in [4.69, 9.17) is 4.74 Å². The number of carbonyl (C=O) groups excluding carboxylic acids is 2. The molecule has 174 valence electrons. The number of carbonyl (C=O) groups is 3. The Morgan fingerprint density at radius 3 is 2.27 bits per heavy atom. The fraction of sp³-hybridized carbons (Fsp3) is 0.423. The first-order valence-electron chi connectivity index (χ1n) is 11.5. The van der Waals surface area contributed by atoms with Crippen molar-refractivity contribution in [2.24, 2.45) is 5.92 Å². The Bertz CT molecular complexity index is 1010. The summed E-state index contributed by atoms with van der Waals surface area (Å²) in [5.41, 5.74) is 4.63. The van der Waals surface area contributed by atoms with Gasteiger partial charge in [0, 0.05) is 31.0 Å². The van der Waals surface area contributed by atoms with Crippen LogP contribution >= 0.6 is 0 Å². The van der Waals surface area contributed by atoms with Gasteiger partial charge in [-0.25, -0.2) is 4.79 Å². The summed E-state index contributed by atoms with van der Waals surface area (Å²) in [6, 6.07) is 15.8. The van der Waals surface area contributed by atoms with E-state index in [9.17, 15) is 19.5 Å². The second-order valence-electron chi connectivity index (χ2n) is 9.07. The van der Waals surface area contributed by atoms with Crippen molar-refractivity contribution in [2.75, 3.05) is 13.2 Å². The van der Waals surface area contributed by atoms with Crippen molar-refractivity contribution < 1.29 is 24.2 Å². The summed E-state index contributed by atoms with van der Waals surface area (Å²) in [6.45, 7) is 4.29. The minimum absolute atomic E-state index is 0.0172. The van der Waals surface area contributed by atoms with Gasteiger partial charge in [-0.3, -0.25) is 9.59 Å². The molecule has 2 aromatic rings. The molecule has 3 atom stereocenters. The van der Waals surface area contributed by atoms with Crippen LogP contribution in [0.2, 0.25) is 0 Å². The van der Waals surface area contributed by atoms with Crippen molar-refractivity contribution in [1.82, 2.24) is 10.2 Å². The highest BCUT2D eigenvalue weighted by molar-refractivity contribution is 5.80. The number of carboxylic acids is 1. The maximum Gasteiger partial charge on any atom is 0.407 e. The molecule has 2 N–H and O–H groups in total. The van der Waals surface area contributed by atoms with Crippen LogP contribution in [-0.4, -0.2) is 53.2 Å². The van der Waals surface area contributed by atoms with Crippen LogP contribution in [0.5, 0.6) is 0 Å². The van der Waals surface area contributed by atoms with Gasteiger partial charge in [-0.1, -0.05) is 48.5 Å². The smallest absolute Gasteiger partial charge is 0.407 e. The predicted octanol–water partition coefficient (Wildman–Crippen LogP) is 4.02. The molecule has 7 nitrogen and oxygen atoms in total. The first kappa shape index (κ1) is 22.8. The zero-order chi connectivity index (χ0) is 23.5. The van der Waals surface area contributed by atoms with Gasteiger partial charge >= 0.3 is 12.1 Å². The summed E-state index contributed by atoms with van der Waals surface area (Å²) in [7, 11) is 0. The molecule has 1 heterocycles. The van der Waals surface area contributed by atoms with Gasteiger partial charge < -0.3 is 20.1 Å². The Morgan fingerprint density at radius 2 is 1.70 bits per heavy atom. The average molecular weight is 451 g/mol.